The van der Waals surface area contributed by atoms with E-state index in [1.54, 1.807) is 47.1 Å². The second-order valence-electron chi connectivity index (χ2n) is 5.32. The van der Waals surface area contributed by atoms with E-state index in [2.05, 4.69) is 10.3 Å². The summed E-state index contributed by atoms with van der Waals surface area (Å²) < 4.78 is 6.77. The molecule has 1 saturated heterocycles. The molecule has 0 saturated carbocycles. The zero-order valence-corrected chi connectivity index (χ0v) is 12.4. The van der Waals surface area contributed by atoms with Crippen LogP contribution in [0.5, 0.6) is 0 Å². The number of hydrogen-bond donors (Lipinski definition) is 1. The highest BCUT2D eigenvalue weighted by atomic mass is 16.5. The maximum absolute atomic E-state index is 12.3. The third kappa shape index (κ3) is 2.94. The number of ether oxygens (including phenoxy) is 1. The van der Waals surface area contributed by atoms with Crippen LogP contribution in [0.25, 0.3) is 5.65 Å². The molecule has 0 aliphatic carbocycles. The van der Waals surface area contributed by atoms with Gasteiger partial charge in [0.1, 0.15) is 5.65 Å². The van der Waals surface area contributed by atoms with Gasteiger partial charge in [-0.15, -0.1) is 0 Å². The summed E-state index contributed by atoms with van der Waals surface area (Å²) in [5.74, 6) is -0.130. The fraction of sp³-hybridized carbons (Fsp3) is 0.400. The highest BCUT2D eigenvalue weighted by Gasteiger charge is 2.30. The van der Waals surface area contributed by atoms with Crippen molar-refractivity contribution in [3.63, 3.8) is 0 Å². The molecule has 3 rings (SSSR count). The quantitative estimate of drug-likeness (QED) is 0.862. The smallest absolute Gasteiger partial charge is 0.253 e. The Kier molecular flexibility index (Phi) is 4.06. The lowest BCUT2D eigenvalue weighted by Crippen LogP contribution is -2.37. The number of hydrogen-bond acceptors (Lipinski definition) is 4. The van der Waals surface area contributed by atoms with Crippen LogP contribution < -0.4 is 5.32 Å². The van der Waals surface area contributed by atoms with Crippen molar-refractivity contribution in [2.45, 2.75) is 12.5 Å². The predicted molar refractivity (Wildman–Crippen MR) is 79.5 cm³/mol. The number of imidazole rings is 1. The van der Waals surface area contributed by atoms with Crippen molar-refractivity contribution < 1.29 is 14.3 Å². The first-order valence-electron chi connectivity index (χ1n) is 7.17. The molecule has 7 nitrogen and oxygen atoms in total. The summed E-state index contributed by atoms with van der Waals surface area (Å²) in [6, 6.07) is 3.37. The van der Waals surface area contributed by atoms with Crippen LogP contribution in [0.4, 0.5) is 0 Å². The van der Waals surface area contributed by atoms with Gasteiger partial charge < -0.3 is 19.4 Å². The molecule has 1 aliphatic rings. The van der Waals surface area contributed by atoms with Gasteiger partial charge in [0.15, 0.2) is 0 Å². The van der Waals surface area contributed by atoms with Crippen LogP contribution >= 0.6 is 0 Å². The Labute approximate surface area is 127 Å². The molecule has 0 bridgehead atoms. The van der Waals surface area contributed by atoms with Crippen molar-refractivity contribution in [3.8, 4) is 0 Å². The van der Waals surface area contributed by atoms with Crippen molar-refractivity contribution in [1.82, 2.24) is 19.6 Å². The Morgan fingerprint density at radius 3 is 3.18 bits per heavy atom. The topological polar surface area (TPSA) is 75.9 Å². The average molecular weight is 302 g/mol. The summed E-state index contributed by atoms with van der Waals surface area (Å²) in [6.07, 6.45) is 5.54. The van der Waals surface area contributed by atoms with E-state index in [0.717, 1.165) is 5.65 Å². The monoisotopic (exact) mass is 302 g/mol. The number of aromatic nitrogens is 2. The van der Waals surface area contributed by atoms with Gasteiger partial charge in [0.05, 0.1) is 18.2 Å². The first-order valence-corrected chi connectivity index (χ1v) is 7.17. The predicted octanol–water partition coefficient (Wildman–Crippen LogP) is 0.311. The fourth-order valence-electron chi connectivity index (χ4n) is 2.61. The number of amides is 2. The van der Waals surface area contributed by atoms with Gasteiger partial charge in [-0.2, -0.15) is 0 Å². The number of fused-ring (bicyclic) bond motifs is 1. The number of carbonyl (C=O) groups excluding carboxylic acids is 2. The molecule has 7 heteroatoms. The summed E-state index contributed by atoms with van der Waals surface area (Å²) >= 11 is 0. The van der Waals surface area contributed by atoms with Gasteiger partial charge in [-0.3, -0.25) is 9.59 Å². The lowest BCUT2D eigenvalue weighted by atomic mass is 10.2. The number of carbonyl (C=O) groups is 2. The van der Waals surface area contributed by atoms with E-state index in [-0.39, 0.29) is 17.9 Å². The van der Waals surface area contributed by atoms with Gasteiger partial charge in [-0.05, 0) is 12.1 Å². The van der Waals surface area contributed by atoms with E-state index >= 15 is 0 Å². The van der Waals surface area contributed by atoms with Crippen LogP contribution in [0.3, 0.4) is 0 Å². The van der Waals surface area contributed by atoms with Crippen LogP contribution in [-0.2, 0) is 9.53 Å². The van der Waals surface area contributed by atoms with Crippen molar-refractivity contribution >= 4 is 17.5 Å². The molecule has 0 spiro atoms. The largest absolute Gasteiger partial charge is 0.383 e. The van der Waals surface area contributed by atoms with Crippen LogP contribution in [0.1, 0.15) is 16.8 Å². The van der Waals surface area contributed by atoms with E-state index < -0.39 is 0 Å². The molecule has 2 aromatic heterocycles. The molecule has 1 N–H and O–H groups in total. The molecule has 0 radical (unpaired) electrons. The molecule has 1 fully saturated rings. The summed E-state index contributed by atoms with van der Waals surface area (Å²) in [4.78, 5) is 30.0. The van der Waals surface area contributed by atoms with Gasteiger partial charge >= 0.3 is 0 Å². The molecule has 116 valence electrons. The minimum Gasteiger partial charge on any atom is -0.383 e. The molecular weight excluding hydrogens is 284 g/mol. The minimum absolute atomic E-state index is 0.0485. The van der Waals surface area contributed by atoms with Crippen LogP contribution in [0.2, 0.25) is 0 Å². The number of nitrogens with one attached hydrogen (secondary N) is 1. The summed E-state index contributed by atoms with van der Waals surface area (Å²) in [6.45, 7) is 1.59. The van der Waals surface area contributed by atoms with E-state index in [4.69, 9.17) is 4.74 Å². The SMILES string of the molecule is COCCN1C[C@H](NC(=O)c2ccc3nccn3c2)CC1=O. The molecular formula is C15H18N4O3. The second kappa shape index (κ2) is 6.15. The van der Waals surface area contributed by atoms with Gasteiger partial charge in [0.25, 0.3) is 5.91 Å². The van der Waals surface area contributed by atoms with Crippen LogP contribution in [0.15, 0.2) is 30.7 Å². The van der Waals surface area contributed by atoms with Gasteiger partial charge in [0.2, 0.25) is 5.91 Å². The lowest BCUT2D eigenvalue weighted by Gasteiger charge is -2.16. The number of likely N-dealkylation sites (tertiary alicyclic amines) is 1. The van der Waals surface area contributed by atoms with Crippen molar-refractivity contribution in [2.75, 3.05) is 26.8 Å². The van der Waals surface area contributed by atoms with Gasteiger partial charge in [-0.1, -0.05) is 0 Å². The minimum atomic E-state index is -0.179. The van der Waals surface area contributed by atoms with Crippen molar-refractivity contribution in [2.24, 2.45) is 0 Å². The Morgan fingerprint density at radius 1 is 1.50 bits per heavy atom. The Bertz CT molecular complexity index is 697. The maximum atomic E-state index is 12.3. The molecule has 22 heavy (non-hydrogen) atoms. The van der Waals surface area contributed by atoms with Gasteiger partial charge in [-0.25, -0.2) is 4.98 Å². The Hall–Kier alpha value is -2.41. The number of pyridine rings is 1. The van der Waals surface area contributed by atoms with Crippen LogP contribution in [0, 0.1) is 0 Å². The first kappa shape index (κ1) is 14.5. The highest BCUT2D eigenvalue weighted by Crippen LogP contribution is 2.12. The van der Waals surface area contributed by atoms with E-state index in [9.17, 15) is 9.59 Å². The van der Waals surface area contributed by atoms with E-state index in [1.165, 1.54) is 0 Å². The maximum Gasteiger partial charge on any atom is 0.253 e. The van der Waals surface area contributed by atoms with Crippen molar-refractivity contribution in [3.05, 3.63) is 36.3 Å². The molecule has 2 aromatic rings. The van der Waals surface area contributed by atoms with Crippen LogP contribution in [-0.4, -0.2) is 58.9 Å². The second-order valence-corrected chi connectivity index (χ2v) is 5.32. The summed E-state index contributed by atoms with van der Waals surface area (Å²) in [5, 5.41) is 2.91. The first-order chi connectivity index (χ1) is 10.7. The molecule has 2 amide bonds. The number of nitrogens with zero attached hydrogens (tertiary/aromatic N) is 3. The standard InChI is InChI=1S/C15H18N4O3/c1-22-7-6-19-10-12(8-14(19)20)17-15(21)11-2-3-13-16-4-5-18(13)9-11/h2-5,9,12H,6-8,10H2,1H3,(H,17,21)/t12-/m1/s1. The third-order valence-electron chi connectivity index (χ3n) is 3.77. The summed E-state index contributed by atoms with van der Waals surface area (Å²) in [7, 11) is 1.60. The van der Waals surface area contributed by atoms with Gasteiger partial charge in [0, 0.05) is 45.2 Å². The molecule has 3 heterocycles. The Balaban J connectivity index is 1.63. The normalized spacial score (nSPS) is 18.1. The fourth-order valence-corrected chi connectivity index (χ4v) is 2.61. The number of methoxy groups -OCH3 is 1. The average Bonchev–Trinajstić information content (AvgIpc) is 3.10. The zero-order valence-electron chi connectivity index (χ0n) is 12.4. The third-order valence-corrected chi connectivity index (χ3v) is 3.77. The molecule has 0 aromatic carbocycles. The Morgan fingerprint density at radius 2 is 2.36 bits per heavy atom. The number of rotatable bonds is 5. The zero-order chi connectivity index (χ0) is 15.5. The highest BCUT2D eigenvalue weighted by molar-refractivity contribution is 5.95. The summed E-state index contributed by atoms with van der Waals surface area (Å²) in [5.41, 5.74) is 1.34. The lowest BCUT2D eigenvalue weighted by molar-refractivity contribution is -0.128. The molecule has 1 atom stereocenters. The van der Waals surface area contributed by atoms with E-state index in [1.807, 2.05) is 0 Å². The molecule has 0 unspecified atom stereocenters. The van der Waals surface area contributed by atoms with E-state index in [0.29, 0.717) is 31.7 Å². The molecule has 1 aliphatic heterocycles. The van der Waals surface area contributed by atoms with Crippen molar-refractivity contribution in [1.29, 1.82) is 0 Å².